The van der Waals surface area contributed by atoms with Gasteiger partial charge in [0.15, 0.2) is 0 Å². The molecule has 7 nitrogen and oxygen atoms in total. The van der Waals surface area contributed by atoms with Gasteiger partial charge in [0.2, 0.25) is 5.91 Å². The molecule has 2 aromatic rings. The van der Waals surface area contributed by atoms with Crippen LogP contribution in [0.4, 0.5) is 4.79 Å². The Bertz CT molecular complexity index is 961. The normalized spacial score (nSPS) is 12.0. The molecule has 0 radical (unpaired) electrons. The molecule has 0 saturated heterocycles. The quantitative estimate of drug-likeness (QED) is 0.363. The number of ether oxygens (including phenoxy) is 1. The lowest BCUT2D eigenvalue weighted by Crippen LogP contribution is -2.32. The van der Waals surface area contributed by atoms with E-state index < -0.39 is 12.1 Å². The maximum Gasteiger partial charge on any atom is 0.407 e. The average molecular weight is 481 g/mol. The van der Waals surface area contributed by atoms with E-state index in [0.29, 0.717) is 26.1 Å². The number of aliphatic carboxylic acids is 1. The number of rotatable bonds is 14. The van der Waals surface area contributed by atoms with Crippen LogP contribution < -0.4 is 5.32 Å². The van der Waals surface area contributed by atoms with Gasteiger partial charge in [0.1, 0.15) is 6.61 Å². The van der Waals surface area contributed by atoms with Gasteiger partial charge < -0.3 is 20.1 Å². The topological polar surface area (TPSA) is 95.9 Å². The number of amides is 2. The first kappa shape index (κ1) is 26.3. The molecule has 188 valence electrons. The first-order valence-corrected chi connectivity index (χ1v) is 12.6. The van der Waals surface area contributed by atoms with Gasteiger partial charge in [-0.1, -0.05) is 67.8 Å². The Hall–Kier alpha value is -3.35. The number of carbonyl (C=O) groups excluding carboxylic acids is 2. The molecule has 0 aromatic heterocycles. The minimum absolute atomic E-state index is 0.0176. The highest BCUT2D eigenvalue weighted by Crippen LogP contribution is 2.44. The highest BCUT2D eigenvalue weighted by atomic mass is 16.5. The Morgan fingerprint density at radius 2 is 1.49 bits per heavy atom. The first-order chi connectivity index (χ1) is 17.0. The Morgan fingerprint density at radius 1 is 0.886 bits per heavy atom. The molecule has 0 fully saturated rings. The van der Waals surface area contributed by atoms with Gasteiger partial charge in [-0.05, 0) is 42.0 Å². The molecule has 35 heavy (non-hydrogen) atoms. The van der Waals surface area contributed by atoms with E-state index >= 15 is 0 Å². The summed E-state index contributed by atoms with van der Waals surface area (Å²) in [7, 11) is 0. The van der Waals surface area contributed by atoms with Crippen LogP contribution in [0.3, 0.4) is 0 Å². The third-order valence-electron chi connectivity index (χ3n) is 6.51. The van der Waals surface area contributed by atoms with E-state index in [1.54, 1.807) is 4.90 Å². The number of unbranched alkanes of at least 4 members (excludes halogenated alkanes) is 4. The SMILES string of the molecule is CCN(CCC(=O)O)C(=O)CCCCCCCNC(=O)OCC1c2ccccc2-c2ccccc21. The zero-order valence-corrected chi connectivity index (χ0v) is 20.5. The van der Waals surface area contributed by atoms with Crippen molar-refractivity contribution in [2.45, 2.75) is 57.8 Å². The van der Waals surface area contributed by atoms with Crippen molar-refractivity contribution in [3.8, 4) is 11.1 Å². The zero-order valence-electron chi connectivity index (χ0n) is 20.5. The lowest BCUT2D eigenvalue weighted by molar-refractivity contribution is -0.138. The Kier molecular flexibility index (Phi) is 10.1. The van der Waals surface area contributed by atoms with E-state index in [9.17, 15) is 14.4 Å². The van der Waals surface area contributed by atoms with Gasteiger partial charge in [0.25, 0.3) is 0 Å². The summed E-state index contributed by atoms with van der Waals surface area (Å²) < 4.78 is 5.55. The van der Waals surface area contributed by atoms with Crippen LogP contribution in [-0.2, 0) is 14.3 Å². The van der Waals surface area contributed by atoms with Crippen molar-refractivity contribution in [3.05, 3.63) is 59.7 Å². The fourth-order valence-corrected chi connectivity index (χ4v) is 4.62. The monoisotopic (exact) mass is 480 g/mol. The van der Waals surface area contributed by atoms with Gasteiger partial charge >= 0.3 is 12.1 Å². The molecule has 7 heteroatoms. The van der Waals surface area contributed by atoms with Crippen molar-refractivity contribution >= 4 is 18.0 Å². The van der Waals surface area contributed by atoms with E-state index in [1.165, 1.54) is 22.3 Å². The summed E-state index contributed by atoms with van der Waals surface area (Å²) in [5, 5.41) is 11.6. The number of carboxylic acids is 1. The summed E-state index contributed by atoms with van der Waals surface area (Å²) in [6.45, 7) is 3.55. The van der Waals surface area contributed by atoms with Crippen LogP contribution in [0.25, 0.3) is 11.1 Å². The molecule has 0 atom stereocenters. The van der Waals surface area contributed by atoms with Crippen molar-refractivity contribution < 1.29 is 24.2 Å². The van der Waals surface area contributed by atoms with Crippen molar-refractivity contribution in [1.29, 1.82) is 0 Å². The number of hydrogen-bond acceptors (Lipinski definition) is 4. The van der Waals surface area contributed by atoms with Crippen LogP contribution in [0.1, 0.15) is 68.9 Å². The predicted octanol–water partition coefficient (Wildman–Crippen LogP) is 5.19. The molecule has 1 aliphatic rings. The zero-order chi connectivity index (χ0) is 25.0. The number of hydrogen-bond donors (Lipinski definition) is 2. The van der Waals surface area contributed by atoms with Gasteiger partial charge in [0, 0.05) is 32.0 Å². The molecule has 0 heterocycles. The lowest BCUT2D eigenvalue weighted by atomic mass is 9.98. The number of nitrogens with zero attached hydrogens (tertiary/aromatic N) is 1. The van der Waals surface area contributed by atoms with E-state index in [4.69, 9.17) is 9.84 Å². The lowest BCUT2D eigenvalue weighted by Gasteiger charge is -2.19. The maximum absolute atomic E-state index is 12.2. The molecule has 0 spiro atoms. The second kappa shape index (κ2) is 13.5. The van der Waals surface area contributed by atoms with E-state index in [0.717, 1.165) is 32.1 Å². The van der Waals surface area contributed by atoms with Crippen LogP contribution in [0.15, 0.2) is 48.5 Å². The summed E-state index contributed by atoms with van der Waals surface area (Å²) in [5.74, 6) is -0.808. The second-order valence-corrected chi connectivity index (χ2v) is 8.89. The second-order valence-electron chi connectivity index (χ2n) is 8.89. The summed E-state index contributed by atoms with van der Waals surface area (Å²) in [6, 6.07) is 16.5. The van der Waals surface area contributed by atoms with Crippen molar-refractivity contribution in [2.75, 3.05) is 26.2 Å². The summed E-state index contributed by atoms with van der Waals surface area (Å²) in [5.41, 5.74) is 4.82. The fraction of sp³-hybridized carbons (Fsp3) is 0.464. The Balaban J connectivity index is 1.27. The van der Waals surface area contributed by atoms with Crippen LogP contribution in [0.2, 0.25) is 0 Å². The van der Waals surface area contributed by atoms with Gasteiger partial charge in [0.05, 0.1) is 6.42 Å². The summed E-state index contributed by atoms with van der Waals surface area (Å²) >= 11 is 0. The van der Waals surface area contributed by atoms with Crippen LogP contribution in [-0.4, -0.2) is 54.2 Å². The summed E-state index contributed by atoms with van der Waals surface area (Å²) in [4.78, 5) is 36.7. The Labute approximate surface area is 207 Å². The summed E-state index contributed by atoms with van der Waals surface area (Å²) in [6.07, 6.45) is 4.59. The average Bonchev–Trinajstić information content (AvgIpc) is 3.18. The number of nitrogens with one attached hydrogen (secondary N) is 1. The minimum atomic E-state index is -0.886. The molecule has 0 bridgehead atoms. The fourth-order valence-electron chi connectivity index (χ4n) is 4.62. The number of fused-ring (bicyclic) bond motifs is 3. The van der Waals surface area contributed by atoms with Crippen LogP contribution in [0.5, 0.6) is 0 Å². The molecule has 2 amide bonds. The number of carbonyl (C=O) groups is 3. The molecule has 2 aromatic carbocycles. The number of alkyl carbamates (subject to hydrolysis) is 1. The number of benzene rings is 2. The molecular formula is C28H36N2O5. The van der Waals surface area contributed by atoms with Crippen LogP contribution in [0, 0.1) is 0 Å². The molecule has 2 N–H and O–H groups in total. The molecule has 0 saturated carbocycles. The Morgan fingerprint density at radius 3 is 2.11 bits per heavy atom. The third kappa shape index (κ3) is 7.57. The highest BCUT2D eigenvalue weighted by molar-refractivity contribution is 5.79. The maximum atomic E-state index is 12.2. The van der Waals surface area contributed by atoms with Gasteiger partial charge in [-0.15, -0.1) is 0 Å². The highest BCUT2D eigenvalue weighted by Gasteiger charge is 2.28. The third-order valence-corrected chi connectivity index (χ3v) is 6.51. The van der Waals surface area contributed by atoms with Crippen LogP contribution >= 0.6 is 0 Å². The van der Waals surface area contributed by atoms with Gasteiger partial charge in [-0.3, -0.25) is 9.59 Å². The standard InChI is InChI=1S/C28H36N2O5/c1-2-30(19-17-27(32)33)26(31)16-6-4-3-5-11-18-29-28(34)35-20-25-23-14-9-7-12-21(23)22-13-8-10-15-24(22)25/h7-10,12-15,25H,2-6,11,16-20H2,1H3,(H,29,34)(H,32,33). The van der Waals surface area contributed by atoms with Gasteiger partial charge in [-0.25, -0.2) is 4.79 Å². The molecule has 1 aliphatic carbocycles. The molecule has 3 rings (SSSR count). The number of carboxylic acid groups (broad SMARTS) is 1. The first-order valence-electron chi connectivity index (χ1n) is 12.6. The smallest absolute Gasteiger partial charge is 0.407 e. The molecule has 0 aliphatic heterocycles. The molecular weight excluding hydrogens is 444 g/mol. The van der Waals surface area contributed by atoms with Crippen molar-refractivity contribution in [2.24, 2.45) is 0 Å². The van der Waals surface area contributed by atoms with E-state index in [1.807, 2.05) is 31.2 Å². The van der Waals surface area contributed by atoms with Gasteiger partial charge in [-0.2, -0.15) is 0 Å². The largest absolute Gasteiger partial charge is 0.481 e. The van der Waals surface area contributed by atoms with Crippen molar-refractivity contribution in [3.63, 3.8) is 0 Å². The molecule has 0 unspecified atom stereocenters. The minimum Gasteiger partial charge on any atom is -0.481 e. The van der Waals surface area contributed by atoms with E-state index in [2.05, 4.69) is 29.6 Å². The van der Waals surface area contributed by atoms with E-state index in [-0.39, 0.29) is 24.8 Å². The van der Waals surface area contributed by atoms with Crippen molar-refractivity contribution in [1.82, 2.24) is 10.2 Å². The predicted molar refractivity (Wildman–Crippen MR) is 135 cm³/mol.